The average Bonchev–Trinajstić information content (AvgIpc) is 2.66. The second-order valence-electron chi connectivity index (χ2n) is 6.12. The lowest BCUT2D eigenvalue weighted by Gasteiger charge is -2.23. The van der Waals surface area contributed by atoms with Gasteiger partial charge in [0.05, 0.1) is 29.2 Å². The summed E-state index contributed by atoms with van der Waals surface area (Å²) in [7, 11) is 0. The van der Waals surface area contributed by atoms with Crippen LogP contribution in [0.15, 0.2) is 67.1 Å². The van der Waals surface area contributed by atoms with Gasteiger partial charge in [-0.05, 0) is 36.8 Å². The number of urea groups is 1. The number of anilines is 1. The average molecular weight is 386 g/mol. The van der Waals surface area contributed by atoms with Crippen molar-refractivity contribution < 1.29 is 18.0 Å². The number of pyridine rings is 2. The van der Waals surface area contributed by atoms with Gasteiger partial charge in [-0.15, -0.1) is 0 Å². The van der Waals surface area contributed by atoms with E-state index >= 15 is 0 Å². The molecule has 0 aliphatic carbocycles. The Morgan fingerprint density at radius 1 is 1.07 bits per heavy atom. The summed E-state index contributed by atoms with van der Waals surface area (Å²) in [4.78, 5) is 20.3. The molecule has 144 valence electrons. The number of halogens is 3. The maximum atomic E-state index is 13.5. The van der Waals surface area contributed by atoms with Gasteiger partial charge in [0.2, 0.25) is 0 Å². The zero-order valence-electron chi connectivity index (χ0n) is 14.9. The summed E-state index contributed by atoms with van der Waals surface area (Å²) >= 11 is 0. The van der Waals surface area contributed by atoms with E-state index in [1.54, 1.807) is 36.5 Å². The fourth-order valence-electron chi connectivity index (χ4n) is 2.78. The van der Waals surface area contributed by atoms with Crippen LogP contribution in [0.25, 0.3) is 0 Å². The molecule has 8 heteroatoms. The third-order valence-electron chi connectivity index (χ3n) is 3.99. The lowest BCUT2D eigenvalue weighted by molar-refractivity contribution is -0.138. The molecule has 0 fully saturated rings. The van der Waals surface area contributed by atoms with Gasteiger partial charge >= 0.3 is 12.2 Å². The highest BCUT2D eigenvalue weighted by atomic mass is 19.4. The first-order chi connectivity index (χ1) is 13.3. The third-order valence-corrected chi connectivity index (χ3v) is 3.99. The SMILES string of the molecule is Cc1cccc(C(NC(=O)Nc2cccnc2)c2ncccc2C(F)(F)F)c1. The first-order valence-electron chi connectivity index (χ1n) is 8.41. The lowest BCUT2D eigenvalue weighted by atomic mass is 9.97. The molecule has 0 saturated carbocycles. The maximum absolute atomic E-state index is 13.5. The highest BCUT2D eigenvalue weighted by Gasteiger charge is 2.37. The number of carbonyl (C=O) groups excluding carboxylic acids is 1. The van der Waals surface area contributed by atoms with Crippen LogP contribution in [-0.4, -0.2) is 16.0 Å². The Morgan fingerprint density at radius 2 is 1.86 bits per heavy atom. The molecule has 3 rings (SSSR count). The van der Waals surface area contributed by atoms with Crippen molar-refractivity contribution in [1.82, 2.24) is 15.3 Å². The van der Waals surface area contributed by atoms with Crippen LogP contribution in [0.3, 0.4) is 0 Å². The number of amides is 2. The summed E-state index contributed by atoms with van der Waals surface area (Å²) in [5, 5.41) is 5.16. The van der Waals surface area contributed by atoms with Crippen molar-refractivity contribution in [1.29, 1.82) is 0 Å². The number of alkyl halides is 3. The number of benzene rings is 1. The third kappa shape index (κ3) is 4.64. The minimum Gasteiger partial charge on any atom is -0.325 e. The van der Waals surface area contributed by atoms with E-state index < -0.39 is 23.8 Å². The standard InChI is InChI=1S/C20H17F3N4O/c1-13-5-2-6-14(11-13)17(18-16(20(21,22)23)8-4-10-25-18)27-19(28)26-15-7-3-9-24-12-15/h2-12,17H,1H3,(H2,26,27,28). The van der Waals surface area contributed by atoms with E-state index in [0.717, 1.165) is 11.6 Å². The zero-order valence-corrected chi connectivity index (χ0v) is 14.9. The summed E-state index contributed by atoms with van der Waals surface area (Å²) in [6.07, 6.45) is -0.355. The quantitative estimate of drug-likeness (QED) is 0.682. The normalized spacial score (nSPS) is 12.3. The highest BCUT2D eigenvalue weighted by Crippen LogP contribution is 2.35. The largest absolute Gasteiger partial charge is 0.418 e. The van der Waals surface area contributed by atoms with Gasteiger partial charge in [0.15, 0.2) is 0 Å². The summed E-state index contributed by atoms with van der Waals surface area (Å²) < 4.78 is 40.5. The topological polar surface area (TPSA) is 66.9 Å². The molecule has 5 nitrogen and oxygen atoms in total. The second-order valence-corrected chi connectivity index (χ2v) is 6.12. The number of hydrogen-bond donors (Lipinski definition) is 2. The molecule has 1 atom stereocenters. The molecular formula is C20H17F3N4O. The molecule has 1 unspecified atom stereocenters. The Hall–Kier alpha value is -3.42. The first kappa shape index (κ1) is 19.3. The minimum absolute atomic E-state index is 0.276. The molecule has 1 aromatic carbocycles. The number of carbonyl (C=O) groups is 1. The monoisotopic (exact) mass is 386 g/mol. The fraction of sp³-hybridized carbons (Fsp3) is 0.150. The summed E-state index contributed by atoms with van der Waals surface area (Å²) in [5.41, 5.74) is 0.581. The predicted octanol–water partition coefficient (Wildman–Crippen LogP) is 4.71. The van der Waals surface area contributed by atoms with E-state index in [9.17, 15) is 18.0 Å². The number of rotatable bonds is 4. The van der Waals surface area contributed by atoms with Crippen LogP contribution in [0, 0.1) is 6.92 Å². The van der Waals surface area contributed by atoms with E-state index in [4.69, 9.17) is 0 Å². The number of nitrogens with zero attached hydrogens (tertiary/aromatic N) is 2. The van der Waals surface area contributed by atoms with Gasteiger partial charge in [-0.2, -0.15) is 13.2 Å². The van der Waals surface area contributed by atoms with Gasteiger partial charge in [-0.25, -0.2) is 4.79 Å². The van der Waals surface area contributed by atoms with Crippen molar-refractivity contribution in [2.45, 2.75) is 19.1 Å². The van der Waals surface area contributed by atoms with Crippen LogP contribution in [0.1, 0.15) is 28.4 Å². The molecule has 0 aliphatic heterocycles. The Morgan fingerprint density at radius 3 is 2.54 bits per heavy atom. The second kappa shape index (κ2) is 8.08. The van der Waals surface area contributed by atoms with Crippen LogP contribution < -0.4 is 10.6 Å². The number of hydrogen-bond acceptors (Lipinski definition) is 3. The van der Waals surface area contributed by atoms with E-state index in [2.05, 4.69) is 20.6 Å². The molecule has 3 aromatic rings. The number of aromatic nitrogens is 2. The molecule has 0 bridgehead atoms. The zero-order chi connectivity index (χ0) is 20.1. The van der Waals surface area contributed by atoms with E-state index in [1.165, 1.54) is 18.5 Å². The van der Waals surface area contributed by atoms with Gasteiger partial charge < -0.3 is 10.6 Å². The Labute approximate surface area is 159 Å². The minimum atomic E-state index is -4.60. The van der Waals surface area contributed by atoms with Crippen molar-refractivity contribution in [3.8, 4) is 0 Å². The van der Waals surface area contributed by atoms with Gasteiger partial charge in [0.25, 0.3) is 0 Å². The molecule has 0 saturated heterocycles. The molecule has 2 amide bonds. The van der Waals surface area contributed by atoms with Gasteiger partial charge in [-0.1, -0.05) is 29.8 Å². The molecule has 28 heavy (non-hydrogen) atoms. The van der Waals surface area contributed by atoms with Crippen molar-refractivity contribution >= 4 is 11.7 Å². The predicted molar refractivity (Wildman–Crippen MR) is 98.7 cm³/mol. The fourth-order valence-corrected chi connectivity index (χ4v) is 2.78. The Kier molecular flexibility index (Phi) is 5.58. The number of aryl methyl sites for hydroxylation is 1. The van der Waals surface area contributed by atoms with Gasteiger partial charge in [0.1, 0.15) is 0 Å². The summed E-state index contributed by atoms with van der Waals surface area (Å²) in [6.45, 7) is 1.82. The highest BCUT2D eigenvalue weighted by molar-refractivity contribution is 5.89. The molecule has 2 aromatic heterocycles. The number of nitrogens with one attached hydrogen (secondary N) is 2. The van der Waals surface area contributed by atoms with Crippen molar-refractivity contribution in [2.75, 3.05) is 5.32 Å². The van der Waals surface area contributed by atoms with Crippen LogP contribution in [0.5, 0.6) is 0 Å². The molecule has 0 radical (unpaired) electrons. The summed E-state index contributed by atoms with van der Waals surface area (Å²) in [6, 6.07) is 10.6. The van der Waals surface area contributed by atoms with Crippen LogP contribution in [0.4, 0.5) is 23.7 Å². The Balaban J connectivity index is 1.99. The molecular weight excluding hydrogens is 369 g/mol. The maximum Gasteiger partial charge on any atom is 0.418 e. The van der Waals surface area contributed by atoms with E-state index in [0.29, 0.717) is 11.3 Å². The van der Waals surface area contributed by atoms with Crippen LogP contribution >= 0.6 is 0 Å². The summed E-state index contributed by atoms with van der Waals surface area (Å²) in [5.74, 6) is 0. The lowest BCUT2D eigenvalue weighted by Crippen LogP contribution is -2.35. The molecule has 2 N–H and O–H groups in total. The van der Waals surface area contributed by atoms with Gasteiger partial charge in [-0.3, -0.25) is 9.97 Å². The smallest absolute Gasteiger partial charge is 0.325 e. The first-order valence-corrected chi connectivity index (χ1v) is 8.41. The van der Waals surface area contributed by atoms with E-state index in [1.807, 2.05) is 13.0 Å². The molecule has 2 heterocycles. The molecule has 0 aliphatic rings. The van der Waals surface area contributed by atoms with E-state index in [-0.39, 0.29) is 5.69 Å². The van der Waals surface area contributed by atoms with Crippen molar-refractivity contribution in [3.63, 3.8) is 0 Å². The van der Waals surface area contributed by atoms with Crippen molar-refractivity contribution in [3.05, 3.63) is 89.5 Å². The van der Waals surface area contributed by atoms with Crippen molar-refractivity contribution in [2.24, 2.45) is 0 Å². The Bertz CT molecular complexity index is 961. The van der Waals surface area contributed by atoms with Crippen LogP contribution in [0.2, 0.25) is 0 Å². The van der Waals surface area contributed by atoms with Gasteiger partial charge in [0, 0.05) is 12.4 Å². The van der Waals surface area contributed by atoms with Crippen LogP contribution in [-0.2, 0) is 6.18 Å². The molecule has 0 spiro atoms.